The second-order valence-electron chi connectivity index (χ2n) is 13.0. The van der Waals surface area contributed by atoms with Crippen molar-refractivity contribution in [1.82, 2.24) is 34.2 Å². The number of benzene rings is 3. The molecule has 0 saturated carbocycles. The van der Waals surface area contributed by atoms with Crippen LogP contribution in [0.2, 0.25) is 0 Å². The number of aryl methyl sites for hydroxylation is 1. The molecule has 0 spiro atoms. The van der Waals surface area contributed by atoms with E-state index in [1.165, 1.54) is 12.1 Å². The number of piperazine rings is 1. The van der Waals surface area contributed by atoms with Crippen molar-refractivity contribution in [3.05, 3.63) is 118 Å². The van der Waals surface area contributed by atoms with E-state index < -0.39 is 14.8 Å². The molecule has 2 aliphatic heterocycles. The number of nitrogens with zero attached hydrogens (tertiary/aromatic N) is 9. The number of carbonyl (C=O) groups excluding carboxylic acids is 1. The number of hydrogen-bond acceptors (Lipinski definition) is 9. The fraction of sp³-hybridized carbons (Fsp3) is 0.278. The minimum Gasteiger partial charge on any atom is -0.362 e. The van der Waals surface area contributed by atoms with Gasteiger partial charge in [-0.25, -0.2) is 13.1 Å². The molecule has 0 N–H and O–H groups in total. The maximum atomic E-state index is 14.1. The third kappa shape index (κ3) is 6.13. The third-order valence-corrected chi connectivity index (χ3v) is 10.8. The Labute approximate surface area is 293 Å². The van der Waals surface area contributed by atoms with Gasteiger partial charge in [0.15, 0.2) is 9.84 Å². The molecule has 6 aromatic rings. The quantitative estimate of drug-likeness (QED) is 0.157. The first-order chi connectivity index (χ1) is 24.6. The van der Waals surface area contributed by atoms with Gasteiger partial charge in [-0.3, -0.25) is 19.6 Å². The van der Waals surface area contributed by atoms with Gasteiger partial charge in [0.25, 0.3) is 11.6 Å². The van der Waals surface area contributed by atoms with Gasteiger partial charge in [0.05, 0.1) is 46.1 Å². The summed E-state index contributed by atoms with van der Waals surface area (Å²) in [5.74, 6) is -0.124. The zero-order chi connectivity index (χ0) is 35.3. The van der Waals surface area contributed by atoms with Crippen molar-refractivity contribution in [3.8, 4) is 11.3 Å². The van der Waals surface area contributed by atoms with Crippen LogP contribution < -0.4 is 4.90 Å². The van der Waals surface area contributed by atoms with Crippen molar-refractivity contribution in [1.29, 1.82) is 0 Å². The highest BCUT2D eigenvalue weighted by atomic mass is 32.2. The number of hydrogen-bond donors (Lipinski definition) is 0. The van der Waals surface area contributed by atoms with E-state index in [9.17, 15) is 23.3 Å². The number of rotatable bonds is 9. The molecule has 3 aromatic heterocycles. The molecule has 260 valence electrons. The van der Waals surface area contributed by atoms with Crippen LogP contribution in [0.25, 0.3) is 22.2 Å². The monoisotopic (exact) mass is 705 g/mol. The Kier molecular flexibility index (Phi) is 8.13. The lowest BCUT2D eigenvalue weighted by atomic mass is 10.1. The number of fused-ring (bicyclic) bond motifs is 2. The highest BCUT2D eigenvalue weighted by Crippen LogP contribution is 2.33. The van der Waals surface area contributed by atoms with E-state index in [-0.39, 0.29) is 23.0 Å². The fourth-order valence-corrected chi connectivity index (χ4v) is 7.87. The number of carbonyl (C=O) groups is 1. The van der Waals surface area contributed by atoms with E-state index in [0.29, 0.717) is 49.7 Å². The fourth-order valence-electron chi connectivity index (χ4n) is 7.23. The molecule has 3 aromatic carbocycles. The molecular weight excluding hydrogens is 671 g/mol. The lowest BCUT2D eigenvalue weighted by Gasteiger charge is -2.36. The first kappa shape index (κ1) is 32.4. The molecule has 8 rings (SSSR count). The molecule has 14 nitrogen and oxygen atoms in total. The number of amides is 1. The van der Waals surface area contributed by atoms with Gasteiger partial charge in [-0.15, -0.1) is 5.10 Å². The van der Waals surface area contributed by atoms with Crippen LogP contribution in [0.5, 0.6) is 0 Å². The van der Waals surface area contributed by atoms with Gasteiger partial charge < -0.3 is 14.4 Å². The van der Waals surface area contributed by atoms with E-state index in [1.807, 2.05) is 46.1 Å². The molecule has 1 fully saturated rings. The Balaban J connectivity index is 1.01. The number of sulfone groups is 1. The number of aromatic nitrogens is 6. The molecule has 2 aliphatic rings. The highest BCUT2D eigenvalue weighted by Gasteiger charge is 2.33. The van der Waals surface area contributed by atoms with Gasteiger partial charge in [0, 0.05) is 61.6 Å². The Morgan fingerprint density at radius 3 is 2.45 bits per heavy atom. The highest BCUT2D eigenvalue weighted by molar-refractivity contribution is 7.90. The third-order valence-electron chi connectivity index (χ3n) is 9.70. The van der Waals surface area contributed by atoms with Gasteiger partial charge in [-0.05, 0) is 42.7 Å². The number of anilines is 1. The molecule has 0 bridgehead atoms. The topological polar surface area (TPSA) is 154 Å². The van der Waals surface area contributed by atoms with Crippen LogP contribution in [0.4, 0.5) is 11.4 Å². The van der Waals surface area contributed by atoms with Gasteiger partial charge in [0.2, 0.25) is 0 Å². The van der Waals surface area contributed by atoms with Gasteiger partial charge in [-0.1, -0.05) is 53.7 Å². The van der Waals surface area contributed by atoms with Gasteiger partial charge in [-0.2, -0.15) is 5.10 Å². The Hall–Kier alpha value is -5.83. The molecule has 0 aliphatic carbocycles. The van der Waals surface area contributed by atoms with E-state index in [0.717, 1.165) is 65.3 Å². The van der Waals surface area contributed by atoms with Crippen LogP contribution in [0.1, 0.15) is 33.9 Å². The molecule has 51 heavy (non-hydrogen) atoms. The first-order valence-electron chi connectivity index (χ1n) is 16.8. The van der Waals surface area contributed by atoms with Crippen LogP contribution in [-0.2, 0) is 35.9 Å². The lowest BCUT2D eigenvalue weighted by molar-refractivity contribution is -0.384. The molecular formula is C36H35N9O5S. The average molecular weight is 706 g/mol. The van der Waals surface area contributed by atoms with Crippen molar-refractivity contribution in [3.63, 3.8) is 0 Å². The summed E-state index contributed by atoms with van der Waals surface area (Å²) in [7, 11) is -3.61. The normalized spacial score (nSPS) is 14.7. The summed E-state index contributed by atoms with van der Waals surface area (Å²) in [4.78, 5) is 28.9. The summed E-state index contributed by atoms with van der Waals surface area (Å²) in [6.45, 7) is 2.94. The zero-order valence-electron chi connectivity index (χ0n) is 27.9. The van der Waals surface area contributed by atoms with Gasteiger partial charge >= 0.3 is 0 Å². The minimum absolute atomic E-state index is 0.107. The minimum atomic E-state index is -3.61. The first-order valence-corrected chi connectivity index (χ1v) is 18.7. The average Bonchev–Trinajstić information content (AvgIpc) is 3.92. The second kappa shape index (κ2) is 12.8. The van der Waals surface area contributed by atoms with Crippen molar-refractivity contribution in [2.45, 2.75) is 37.4 Å². The molecule has 0 atom stereocenters. The van der Waals surface area contributed by atoms with Gasteiger partial charge in [0.1, 0.15) is 11.4 Å². The molecule has 15 heteroatoms. The molecule has 0 unspecified atom stereocenters. The van der Waals surface area contributed by atoms with Crippen LogP contribution in [0.3, 0.4) is 0 Å². The van der Waals surface area contributed by atoms with Crippen molar-refractivity contribution in [2.24, 2.45) is 0 Å². The summed E-state index contributed by atoms with van der Waals surface area (Å²) >= 11 is 0. The van der Waals surface area contributed by atoms with E-state index in [4.69, 9.17) is 5.10 Å². The largest absolute Gasteiger partial charge is 0.362 e. The maximum absolute atomic E-state index is 14.1. The van der Waals surface area contributed by atoms with Crippen LogP contribution in [0.15, 0.2) is 90.0 Å². The van der Waals surface area contributed by atoms with Crippen LogP contribution >= 0.6 is 0 Å². The Bertz CT molecular complexity index is 2410. The number of para-hydroxylation sites is 1. The van der Waals surface area contributed by atoms with Crippen molar-refractivity contribution < 1.29 is 18.1 Å². The van der Waals surface area contributed by atoms with Crippen LogP contribution in [0, 0.1) is 10.1 Å². The van der Waals surface area contributed by atoms with E-state index in [1.54, 1.807) is 9.58 Å². The molecule has 1 amide bonds. The predicted molar refractivity (Wildman–Crippen MR) is 190 cm³/mol. The SMILES string of the molecule is CS(=O)(=O)c1ccc(N2CCN(C(=O)c3c(Cn4cc(Cn5c(-c6ccccc6)cc6ccccc65)nn4)nn4c3CCC4)CC2)c([N+](=O)[O-])c1. The Morgan fingerprint density at radius 2 is 1.69 bits per heavy atom. The molecule has 5 heterocycles. The standard InChI is InChI=1S/C36H35N9O5S/c1-51(49,50)28-13-14-31(34(21-28)45(47)48)40-16-18-41(19-17-40)36(46)35-29(38-44-15-7-12-32(35)44)24-42-22-27(37-39-42)23-43-30-11-6-5-10-26(30)20-33(43)25-8-3-2-4-9-25/h2-6,8-11,13-14,20-22H,7,12,15-19,23-24H2,1H3. The number of nitro benzene ring substituents is 1. The number of nitro groups is 1. The smallest absolute Gasteiger partial charge is 0.293 e. The summed E-state index contributed by atoms with van der Waals surface area (Å²) in [5, 5.41) is 26.8. The van der Waals surface area contributed by atoms with Crippen LogP contribution in [-0.4, -0.2) is 85.9 Å². The summed E-state index contributed by atoms with van der Waals surface area (Å²) in [6.07, 6.45) is 4.58. The zero-order valence-corrected chi connectivity index (χ0v) is 28.7. The Morgan fingerprint density at radius 1 is 0.922 bits per heavy atom. The summed E-state index contributed by atoms with van der Waals surface area (Å²) in [6, 6.07) is 24.7. The van der Waals surface area contributed by atoms with Crippen molar-refractivity contribution >= 4 is 38.0 Å². The maximum Gasteiger partial charge on any atom is 0.293 e. The predicted octanol–water partition coefficient (Wildman–Crippen LogP) is 4.41. The summed E-state index contributed by atoms with van der Waals surface area (Å²) in [5.41, 5.74) is 6.27. The van der Waals surface area contributed by atoms with Crippen molar-refractivity contribution in [2.75, 3.05) is 37.3 Å². The second-order valence-corrected chi connectivity index (χ2v) is 15.0. The van der Waals surface area contributed by atoms with E-state index >= 15 is 0 Å². The van der Waals surface area contributed by atoms with E-state index in [2.05, 4.69) is 45.2 Å². The molecule has 0 radical (unpaired) electrons. The summed E-state index contributed by atoms with van der Waals surface area (Å²) < 4.78 is 29.9. The molecule has 1 saturated heterocycles. The lowest BCUT2D eigenvalue weighted by Crippen LogP contribution is -2.49.